The van der Waals surface area contributed by atoms with E-state index in [1.807, 2.05) is 6.92 Å². The van der Waals surface area contributed by atoms with Crippen LogP contribution in [-0.2, 0) is 4.74 Å². The first-order valence-corrected chi connectivity index (χ1v) is 3.81. The van der Waals surface area contributed by atoms with Crippen molar-refractivity contribution in [2.45, 2.75) is 33.3 Å². The van der Waals surface area contributed by atoms with Crippen LogP contribution in [0.1, 0.15) is 27.7 Å². The number of aliphatic imine (C=N–C) groups is 2. The summed E-state index contributed by atoms with van der Waals surface area (Å²) in [5.74, 6) is 0. The molecule has 0 fully saturated rings. The Balaban J connectivity index is 0. The van der Waals surface area contributed by atoms with Gasteiger partial charge in [-0.15, -0.1) is 17.4 Å². The average Bonchev–Trinajstić information content (AvgIpc) is 1.84. The molecule has 0 aromatic heterocycles. The van der Waals surface area contributed by atoms with Crippen LogP contribution in [0.4, 0.5) is 4.79 Å². The fourth-order valence-electron chi connectivity index (χ4n) is 0.432. The number of carbonyl (C=O) groups excluding carboxylic acids is 1. The molecule has 0 rings (SSSR count). The first-order valence-electron chi connectivity index (χ1n) is 3.81. The zero-order chi connectivity index (χ0) is 9.61. The predicted molar refractivity (Wildman–Crippen MR) is 53.9 cm³/mol. The van der Waals surface area contributed by atoms with E-state index in [1.165, 1.54) is 0 Å². The van der Waals surface area contributed by atoms with Gasteiger partial charge in [-0.3, -0.25) is 0 Å². The number of ether oxygens (including phenoxy) is 1. The van der Waals surface area contributed by atoms with Crippen LogP contribution in [0.15, 0.2) is 9.98 Å². The van der Waals surface area contributed by atoms with Crippen molar-refractivity contribution in [1.29, 1.82) is 0 Å². The molecule has 0 saturated heterocycles. The molecular weight excluding hydrogens is 192 g/mol. The highest BCUT2D eigenvalue weighted by Crippen LogP contribution is 2.07. The molecule has 1 amide bonds. The molecule has 0 bridgehead atoms. The number of hydrogen-bond acceptors (Lipinski definition) is 3. The molecule has 0 spiro atoms. The Kier molecular flexibility index (Phi) is 7.48. The number of carbonyl (C=O) groups is 1. The predicted octanol–water partition coefficient (Wildman–Crippen LogP) is 2.54. The number of nitrogens with zero attached hydrogens (tertiary/aromatic N) is 2. The second-order valence-electron chi connectivity index (χ2n) is 3.17. The number of rotatable bonds is 1. The lowest BCUT2D eigenvalue weighted by molar-refractivity contribution is 0.0605. The number of halogens is 1. The monoisotopic (exact) mass is 206 g/mol. The van der Waals surface area contributed by atoms with E-state index in [4.69, 9.17) is 4.74 Å². The van der Waals surface area contributed by atoms with E-state index < -0.39 is 11.7 Å². The molecule has 4 nitrogen and oxygen atoms in total. The van der Waals surface area contributed by atoms with Gasteiger partial charge in [0.15, 0.2) is 0 Å². The van der Waals surface area contributed by atoms with Crippen LogP contribution < -0.4 is 0 Å². The van der Waals surface area contributed by atoms with E-state index in [0.29, 0.717) is 6.54 Å². The summed E-state index contributed by atoms with van der Waals surface area (Å²) in [5, 5.41) is 0. The molecule has 0 aliphatic heterocycles. The molecule has 0 radical (unpaired) electrons. The zero-order valence-electron chi connectivity index (χ0n) is 8.33. The second-order valence-corrected chi connectivity index (χ2v) is 3.17. The molecule has 0 unspecified atom stereocenters. The quantitative estimate of drug-likeness (QED) is 0.619. The summed E-state index contributed by atoms with van der Waals surface area (Å²) >= 11 is 0. The molecule has 0 heterocycles. The molecule has 0 aliphatic carbocycles. The maximum absolute atomic E-state index is 10.8. The van der Waals surface area contributed by atoms with Gasteiger partial charge in [0, 0.05) is 6.54 Å². The van der Waals surface area contributed by atoms with Crippen LogP contribution in [-0.4, -0.2) is 24.2 Å². The molecule has 0 N–H and O–H groups in total. The van der Waals surface area contributed by atoms with E-state index in [2.05, 4.69) is 16.0 Å². The van der Waals surface area contributed by atoms with Crippen molar-refractivity contribution in [2.24, 2.45) is 9.98 Å². The average molecular weight is 207 g/mol. The lowest BCUT2D eigenvalue weighted by Gasteiger charge is -2.16. The molecule has 0 aromatic carbocycles. The Morgan fingerprint density at radius 2 is 2.00 bits per heavy atom. The van der Waals surface area contributed by atoms with Crippen LogP contribution in [0.25, 0.3) is 0 Å². The summed E-state index contributed by atoms with van der Waals surface area (Å²) in [6, 6.07) is 2.23. The van der Waals surface area contributed by atoms with Gasteiger partial charge in [0.25, 0.3) is 0 Å². The summed E-state index contributed by atoms with van der Waals surface area (Å²) < 4.78 is 4.86. The van der Waals surface area contributed by atoms with E-state index in [-0.39, 0.29) is 12.4 Å². The molecule has 76 valence electrons. The van der Waals surface area contributed by atoms with Gasteiger partial charge in [-0.25, -0.2) is 9.79 Å². The Hall–Kier alpha value is -0.860. The summed E-state index contributed by atoms with van der Waals surface area (Å²) in [4.78, 5) is 17.8. The minimum absolute atomic E-state index is 0. The fourth-order valence-corrected chi connectivity index (χ4v) is 0.432. The maximum Gasteiger partial charge on any atom is 0.443 e. The highest BCUT2D eigenvalue weighted by atomic mass is 35.5. The van der Waals surface area contributed by atoms with Crippen molar-refractivity contribution in [3.05, 3.63) is 0 Å². The molecule has 13 heavy (non-hydrogen) atoms. The smallest absolute Gasteiger partial charge is 0.442 e. The minimum atomic E-state index is -0.653. The van der Waals surface area contributed by atoms with Gasteiger partial charge in [-0.1, -0.05) is 0 Å². The third-order valence-corrected chi connectivity index (χ3v) is 0.764. The second kappa shape index (κ2) is 6.63. The van der Waals surface area contributed by atoms with Gasteiger partial charge in [-0.05, 0) is 27.7 Å². The van der Waals surface area contributed by atoms with E-state index in [9.17, 15) is 4.79 Å². The van der Waals surface area contributed by atoms with E-state index >= 15 is 0 Å². The fraction of sp³-hybridized carbons (Fsp3) is 0.750. The maximum atomic E-state index is 10.8. The lowest BCUT2D eigenvalue weighted by atomic mass is 10.2. The van der Waals surface area contributed by atoms with Gasteiger partial charge >= 0.3 is 6.09 Å². The third-order valence-electron chi connectivity index (χ3n) is 0.764. The SMILES string of the molecule is CCN=C=NC(=O)OC(C)(C)C.Cl. The highest BCUT2D eigenvalue weighted by Gasteiger charge is 2.14. The first kappa shape index (κ1) is 14.7. The number of hydrogen-bond donors (Lipinski definition) is 0. The standard InChI is InChI=1S/C8H14N2O2.ClH/c1-5-9-6-10-7(11)12-8(2,3)4;/h5H2,1-4H3;1H. The van der Waals surface area contributed by atoms with E-state index in [1.54, 1.807) is 20.8 Å². The molecular formula is C8H15ClN2O2. The van der Waals surface area contributed by atoms with Crippen molar-refractivity contribution in [1.82, 2.24) is 0 Å². The summed E-state index contributed by atoms with van der Waals surface area (Å²) in [5.41, 5.74) is -0.505. The van der Waals surface area contributed by atoms with Crippen molar-refractivity contribution in [3.8, 4) is 0 Å². The van der Waals surface area contributed by atoms with Crippen molar-refractivity contribution in [3.63, 3.8) is 0 Å². The minimum Gasteiger partial charge on any atom is -0.442 e. The highest BCUT2D eigenvalue weighted by molar-refractivity contribution is 5.85. The van der Waals surface area contributed by atoms with Gasteiger partial charge in [-0.2, -0.15) is 0 Å². The molecule has 0 atom stereocenters. The normalized spacial score (nSPS) is 9.23. The summed E-state index contributed by atoms with van der Waals surface area (Å²) in [6.07, 6.45) is -0.653. The largest absolute Gasteiger partial charge is 0.443 e. The zero-order valence-corrected chi connectivity index (χ0v) is 9.14. The van der Waals surface area contributed by atoms with Crippen LogP contribution in [0.3, 0.4) is 0 Å². The molecule has 0 aromatic rings. The van der Waals surface area contributed by atoms with Crippen molar-refractivity contribution < 1.29 is 9.53 Å². The van der Waals surface area contributed by atoms with Gasteiger partial charge < -0.3 is 4.74 Å². The Bertz CT molecular complexity index is 215. The Labute approximate surface area is 84.5 Å². The van der Waals surface area contributed by atoms with E-state index in [0.717, 1.165) is 0 Å². The van der Waals surface area contributed by atoms with Gasteiger partial charge in [0.1, 0.15) is 11.6 Å². The topological polar surface area (TPSA) is 51.0 Å². The molecule has 5 heteroatoms. The molecule has 0 aliphatic rings. The van der Waals surface area contributed by atoms with Crippen molar-refractivity contribution >= 4 is 24.5 Å². The lowest BCUT2D eigenvalue weighted by Crippen LogP contribution is -2.21. The first-order chi connectivity index (χ1) is 5.45. The summed E-state index contributed by atoms with van der Waals surface area (Å²) in [6.45, 7) is 7.72. The Morgan fingerprint density at radius 3 is 2.38 bits per heavy atom. The van der Waals surface area contributed by atoms with Crippen LogP contribution in [0.5, 0.6) is 0 Å². The summed E-state index contributed by atoms with van der Waals surface area (Å²) in [7, 11) is 0. The van der Waals surface area contributed by atoms with Gasteiger partial charge in [0.05, 0.1) is 0 Å². The molecule has 0 saturated carbocycles. The Morgan fingerprint density at radius 1 is 1.46 bits per heavy atom. The van der Waals surface area contributed by atoms with Crippen LogP contribution >= 0.6 is 12.4 Å². The van der Waals surface area contributed by atoms with Gasteiger partial charge in [0.2, 0.25) is 0 Å². The van der Waals surface area contributed by atoms with Crippen molar-refractivity contribution in [2.75, 3.05) is 6.54 Å². The van der Waals surface area contributed by atoms with Crippen LogP contribution in [0, 0.1) is 0 Å². The third kappa shape index (κ3) is 11.1. The van der Waals surface area contributed by atoms with Crippen LogP contribution in [0.2, 0.25) is 0 Å². The number of amides is 1.